The van der Waals surface area contributed by atoms with Crippen LogP contribution < -0.4 is 11.1 Å². The van der Waals surface area contributed by atoms with E-state index >= 15 is 0 Å². The number of nitrogens with two attached hydrogens (primary N) is 1. The number of carbonyl (C=O) groups is 1. The molecule has 6 nitrogen and oxygen atoms in total. The third-order valence-corrected chi connectivity index (χ3v) is 6.09. The zero-order chi connectivity index (χ0) is 16.9. The lowest BCUT2D eigenvalue weighted by molar-refractivity contribution is -0.121. The van der Waals surface area contributed by atoms with E-state index < -0.39 is 10.0 Å². The molecule has 0 saturated carbocycles. The monoisotopic (exact) mass is 375 g/mol. The van der Waals surface area contributed by atoms with Crippen LogP contribution in [0.3, 0.4) is 0 Å². The molecule has 1 aromatic rings. The smallest absolute Gasteiger partial charge is 0.224 e. The maximum atomic E-state index is 12.1. The van der Waals surface area contributed by atoms with Crippen LogP contribution in [0.1, 0.15) is 31.7 Å². The number of sulfonamides is 1. The van der Waals surface area contributed by atoms with Crippen LogP contribution in [0.5, 0.6) is 0 Å². The Morgan fingerprint density at radius 3 is 2.38 bits per heavy atom. The van der Waals surface area contributed by atoms with E-state index in [1.165, 1.54) is 0 Å². The van der Waals surface area contributed by atoms with Gasteiger partial charge in [-0.25, -0.2) is 12.7 Å². The number of anilines is 1. The highest BCUT2D eigenvalue weighted by molar-refractivity contribution is 7.89. The fraction of sp³-hybridized carbons (Fsp3) is 0.562. The molecule has 0 aromatic heterocycles. The molecule has 1 aromatic carbocycles. The second kappa shape index (κ2) is 9.25. The van der Waals surface area contributed by atoms with Gasteiger partial charge in [0.1, 0.15) is 0 Å². The highest BCUT2D eigenvalue weighted by Crippen LogP contribution is 2.15. The van der Waals surface area contributed by atoms with Crippen molar-refractivity contribution in [1.82, 2.24) is 9.62 Å². The Hall–Kier alpha value is -1.31. The lowest BCUT2D eigenvalue weighted by Crippen LogP contribution is -2.47. The molecule has 136 valence electrons. The second-order valence-electron chi connectivity index (χ2n) is 5.98. The first-order chi connectivity index (χ1) is 10.9. The molecule has 0 radical (unpaired) electrons. The highest BCUT2D eigenvalue weighted by atomic mass is 35.5. The summed E-state index contributed by atoms with van der Waals surface area (Å²) in [4.78, 5) is 12.1. The summed E-state index contributed by atoms with van der Waals surface area (Å²) < 4.78 is 25.6. The van der Waals surface area contributed by atoms with E-state index in [0.29, 0.717) is 44.5 Å². The van der Waals surface area contributed by atoms with Crippen LogP contribution in [-0.2, 0) is 21.2 Å². The summed E-state index contributed by atoms with van der Waals surface area (Å²) in [6.07, 6.45) is 2.27. The first kappa shape index (κ1) is 20.7. The van der Waals surface area contributed by atoms with Crippen molar-refractivity contribution in [2.45, 2.75) is 38.6 Å². The average Bonchev–Trinajstić information content (AvgIpc) is 2.50. The largest absolute Gasteiger partial charge is 0.399 e. The summed E-state index contributed by atoms with van der Waals surface area (Å²) in [6.45, 7) is 2.83. The fourth-order valence-corrected chi connectivity index (χ4v) is 4.31. The van der Waals surface area contributed by atoms with E-state index in [1.807, 2.05) is 19.1 Å². The lowest BCUT2D eigenvalue weighted by Gasteiger charge is -2.31. The van der Waals surface area contributed by atoms with Gasteiger partial charge >= 0.3 is 0 Å². The topological polar surface area (TPSA) is 92.5 Å². The summed E-state index contributed by atoms with van der Waals surface area (Å²) in [5.74, 6) is 0.158. The number of piperidine rings is 1. The van der Waals surface area contributed by atoms with Gasteiger partial charge in [-0.15, -0.1) is 12.4 Å². The van der Waals surface area contributed by atoms with Crippen LogP contribution in [0.4, 0.5) is 5.69 Å². The predicted octanol–water partition coefficient (Wildman–Crippen LogP) is 1.55. The molecule has 1 aliphatic heterocycles. The Bertz CT molecular complexity index is 626. The lowest BCUT2D eigenvalue weighted by atomic mass is 10.1. The van der Waals surface area contributed by atoms with Crippen molar-refractivity contribution in [2.24, 2.45) is 0 Å². The molecule has 0 atom stereocenters. The number of carbonyl (C=O) groups excluding carboxylic acids is 1. The van der Waals surface area contributed by atoms with Crippen LogP contribution in [0.15, 0.2) is 24.3 Å². The van der Waals surface area contributed by atoms with E-state index in [-0.39, 0.29) is 30.1 Å². The number of nitrogens with one attached hydrogen (secondary N) is 1. The van der Waals surface area contributed by atoms with E-state index in [4.69, 9.17) is 5.73 Å². The third kappa shape index (κ3) is 5.96. The molecular formula is C16H26ClN3O3S. The summed E-state index contributed by atoms with van der Waals surface area (Å²) in [5.41, 5.74) is 7.21. The molecule has 0 spiro atoms. The molecule has 0 aliphatic carbocycles. The Labute approximate surface area is 150 Å². The Kier molecular flexibility index (Phi) is 7.99. The molecule has 8 heteroatoms. The van der Waals surface area contributed by atoms with Crippen molar-refractivity contribution < 1.29 is 13.2 Å². The maximum Gasteiger partial charge on any atom is 0.224 e. The minimum absolute atomic E-state index is 0. The van der Waals surface area contributed by atoms with Crippen molar-refractivity contribution in [1.29, 1.82) is 0 Å². The van der Waals surface area contributed by atoms with Crippen LogP contribution in [0, 0.1) is 0 Å². The molecule has 3 N–H and O–H groups in total. The van der Waals surface area contributed by atoms with Crippen LogP contribution in [0.2, 0.25) is 0 Å². The molecule has 0 bridgehead atoms. The van der Waals surface area contributed by atoms with Gasteiger partial charge in [0.15, 0.2) is 0 Å². The van der Waals surface area contributed by atoms with Crippen molar-refractivity contribution in [3.05, 3.63) is 29.8 Å². The van der Waals surface area contributed by atoms with E-state index in [9.17, 15) is 13.2 Å². The van der Waals surface area contributed by atoms with Gasteiger partial charge in [0.2, 0.25) is 15.9 Å². The summed E-state index contributed by atoms with van der Waals surface area (Å²) in [6, 6.07) is 7.28. The third-order valence-electron chi connectivity index (χ3n) is 4.02. The van der Waals surface area contributed by atoms with E-state index in [0.717, 1.165) is 5.56 Å². The van der Waals surface area contributed by atoms with Gasteiger partial charge in [0.05, 0.1) is 12.2 Å². The molecule has 1 amide bonds. The van der Waals surface area contributed by atoms with Gasteiger partial charge in [-0.1, -0.05) is 19.1 Å². The molecule has 1 saturated heterocycles. The maximum absolute atomic E-state index is 12.1. The quantitative estimate of drug-likeness (QED) is 0.738. The standard InChI is InChI=1S/C16H25N3O3S.ClH/c1-2-11-23(21,22)19-9-7-15(8-10-19)18-16(20)12-13-3-5-14(17)6-4-13;/h3-6,15H,2,7-12,17H2,1H3,(H,18,20);1H. The van der Waals surface area contributed by atoms with Gasteiger partial charge in [-0.3, -0.25) is 4.79 Å². The minimum atomic E-state index is -3.13. The van der Waals surface area contributed by atoms with Crippen molar-refractivity contribution in [3.63, 3.8) is 0 Å². The Morgan fingerprint density at radius 1 is 1.25 bits per heavy atom. The zero-order valence-corrected chi connectivity index (χ0v) is 15.5. The average molecular weight is 376 g/mol. The minimum Gasteiger partial charge on any atom is -0.399 e. The number of rotatable bonds is 6. The number of nitrogen functional groups attached to an aromatic ring is 1. The number of hydrogen-bond acceptors (Lipinski definition) is 4. The van der Waals surface area contributed by atoms with E-state index in [1.54, 1.807) is 16.4 Å². The molecule has 1 aliphatic rings. The first-order valence-corrected chi connectivity index (χ1v) is 9.63. The predicted molar refractivity (Wildman–Crippen MR) is 98.6 cm³/mol. The molecule has 1 fully saturated rings. The number of amides is 1. The van der Waals surface area contributed by atoms with Gasteiger partial charge < -0.3 is 11.1 Å². The molecule has 2 rings (SSSR count). The summed E-state index contributed by atoms with van der Waals surface area (Å²) >= 11 is 0. The SMILES string of the molecule is CCCS(=O)(=O)N1CCC(NC(=O)Cc2ccc(N)cc2)CC1.Cl. The van der Waals surface area contributed by atoms with Crippen LogP contribution >= 0.6 is 12.4 Å². The Balaban J connectivity index is 0.00000288. The highest BCUT2D eigenvalue weighted by Gasteiger charge is 2.27. The molecule has 24 heavy (non-hydrogen) atoms. The normalized spacial score (nSPS) is 16.4. The number of hydrogen-bond donors (Lipinski definition) is 2. The van der Waals surface area contributed by atoms with Crippen LogP contribution in [0.25, 0.3) is 0 Å². The van der Waals surface area contributed by atoms with Crippen molar-refractivity contribution in [2.75, 3.05) is 24.6 Å². The zero-order valence-electron chi connectivity index (χ0n) is 13.9. The number of halogens is 1. The van der Waals surface area contributed by atoms with Gasteiger partial charge in [-0.05, 0) is 37.0 Å². The van der Waals surface area contributed by atoms with Crippen molar-refractivity contribution in [3.8, 4) is 0 Å². The van der Waals surface area contributed by atoms with Gasteiger partial charge in [0, 0.05) is 24.8 Å². The van der Waals surface area contributed by atoms with E-state index in [2.05, 4.69) is 5.32 Å². The number of nitrogens with zero attached hydrogens (tertiary/aromatic N) is 1. The fourth-order valence-electron chi connectivity index (χ4n) is 2.76. The van der Waals surface area contributed by atoms with Crippen LogP contribution in [-0.4, -0.2) is 43.5 Å². The Morgan fingerprint density at radius 2 is 1.83 bits per heavy atom. The molecule has 0 unspecified atom stereocenters. The first-order valence-electron chi connectivity index (χ1n) is 8.02. The molecular weight excluding hydrogens is 350 g/mol. The van der Waals surface area contributed by atoms with Gasteiger partial charge in [0.25, 0.3) is 0 Å². The summed E-state index contributed by atoms with van der Waals surface area (Å²) in [7, 11) is -3.13. The molecule has 1 heterocycles. The second-order valence-corrected chi connectivity index (χ2v) is 8.06. The number of benzene rings is 1. The van der Waals surface area contributed by atoms with Gasteiger partial charge in [-0.2, -0.15) is 0 Å². The summed E-state index contributed by atoms with van der Waals surface area (Å²) in [5, 5.41) is 2.99. The van der Waals surface area contributed by atoms with Crippen molar-refractivity contribution >= 4 is 34.0 Å².